The monoisotopic (exact) mass is 422 g/mol. The molecule has 3 rings (SSSR count). The number of nitro groups is 1. The van der Waals surface area contributed by atoms with Gasteiger partial charge < -0.3 is 5.11 Å². The van der Waals surface area contributed by atoms with Gasteiger partial charge in [-0.1, -0.05) is 11.6 Å². The van der Waals surface area contributed by atoms with E-state index < -0.39 is 22.6 Å². The number of benzene rings is 2. The number of rotatable bonds is 6. The number of carbonyl (C=O) groups excluding carboxylic acids is 2. The Morgan fingerprint density at radius 1 is 1.14 bits per heavy atom. The molecule has 1 N–H and O–H groups in total. The third-order valence-corrected chi connectivity index (χ3v) is 5.25. The lowest BCUT2D eigenvalue weighted by Crippen LogP contribution is -2.31. The fourth-order valence-electron chi connectivity index (χ4n) is 2.65. The molecule has 144 valence electrons. The molecule has 0 unspecified atom stereocenters. The number of nitrogens with zero attached hydrogens (tertiary/aromatic N) is 2. The Morgan fingerprint density at radius 2 is 1.82 bits per heavy atom. The van der Waals surface area contributed by atoms with Crippen LogP contribution in [-0.4, -0.2) is 34.2 Å². The predicted molar refractivity (Wildman–Crippen MR) is 103 cm³/mol. The van der Waals surface area contributed by atoms with Gasteiger partial charge in [-0.2, -0.15) is 0 Å². The third kappa shape index (κ3) is 3.64. The first-order valence-electron chi connectivity index (χ1n) is 7.91. The van der Waals surface area contributed by atoms with Crippen molar-refractivity contribution in [2.45, 2.75) is 0 Å². The van der Waals surface area contributed by atoms with Crippen LogP contribution in [0.3, 0.4) is 0 Å². The molecule has 0 spiro atoms. The minimum absolute atomic E-state index is 0.0544. The second kappa shape index (κ2) is 8.09. The Balaban J connectivity index is 2.06. The van der Waals surface area contributed by atoms with E-state index in [2.05, 4.69) is 0 Å². The number of hydrogen-bond donors (Lipinski definition) is 1. The van der Waals surface area contributed by atoms with Crippen LogP contribution in [-0.2, 0) is 9.59 Å². The second-order valence-electron chi connectivity index (χ2n) is 5.62. The minimum atomic E-state index is -0.692. The van der Waals surface area contributed by atoms with Gasteiger partial charge in [0.25, 0.3) is 17.5 Å². The molecule has 2 aromatic rings. The van der Waals surface area contributed by atoms with Crippen LogP contribution in [0.2, 0.25) is 5.02 Å². The van der Waals surface area contributed by atoms with Gasteiger partial charge in [0, 0.05) is 17.9 Å². The maximum Gasteiger partial charge on any atom is 0.272 e. The van der Waals surface area contributed by atoms with E-state index in [9.17, 15) is 24.1 Å². The van der Waals surface area contributed by atoms with Gasteiger partial charge in [-0.05, 0) is 35.9 Å². The van der Waals surface area contributed by atoms with Gasteiger partial charge in [0.05, 0.1) is 32.7 Å². The zero-order chi connectivity index (χ0) is 20.4. The Kier molecular flexibility index (Phi) is 5.78. The lowest BCUT2D eigenvalue weighted by Gasteiger charge is -2.15. The van der Waals surface area contributed by atoms with Crippen molar-refractivity contribution in [3.63, 3.8) is 0 Å². The van der Waals surface area contributed by atoms with E-state index in [0.717, 1.165) is 22.7 Å². The van der Waals surface area contributed by atoms with Crippen LogP contribution in [0.25, 0.3) is 5.57 Å². The van der Waals surface area contributed by atoms with Gasteiger partial charge in [0.15, 0.2) is 0 Å². The highest BCUT2D eigenvalue weighted by atomic mass is 35.5. The maximum absolute atomic E-state index is 13.5. The number of non-ortho nitro benzene ring substituents is 1. The van der Waals surface area contributed by atoms with Gasteiger partial charge in [0.1, 0.15) is 5.82 Å². The quantitative estimate of drug-likeness (QED) is 0.435. The fourth-order valence-corrected chi connectivity index (χ4v) is 3.69. The van der Waals surface area contributed by atoms with Crippen molar-refractivity contribution in [1.82, 2.24) is 0 Å². The number of anilines is 1. The number of aliphatic hydroxyl groups is 1. The average molecular weight is 423 g/mol. The van der Waals surface area contributed by atoms with Crippen molar-refractivity contribution >= 4 is 52.1 Å². The molecule has 0 aliphatic carbocycles. The average Bonchev–Trinajstić information content (AvgIpc) is 2.92. The van der Waals surface area contributed by atoms with Gasteiger partial charge in [0.2, 0.25) is 0 Å². The van der Waals surface area contributed by atoms with E-state index in [-0.39, 0.29) is 39.2 Å². The third-order valence-electron chi connectivity index (χ3n) is 3.91. The summed E-state index contributed by atoms with van der Waals surface area (Å²) in [7, 11) is 0. The lowest BCUT2D eigenvalue weighted by molar-refractivity contribution is -0.384. The first-order chi connectivity index (χ1) is 13.3. The van der Waals surface area contributed by atoms with E-state index in [0.29, 0.717) is 5.56 Å². The molecule has 2 amide bonds. The van der Waals surface area contributed by atoms with Crippen LogP contribution >= 0.6 is 23.4 Å². The van der Waals surface area contributed by atoms with E-state index in [1.54, 1.807) is 0 Å². The van der Waals surface area contributed by atoms with Crippen LogP contribution < -0.4 is 4.90 Å². The van der Waals surface area contributed by atoms with Crippen LogP contribution in [0.4, 0.5) is 15.8 Å². The molecule has 28 heavy (non-hydrogen) atoms. The summed E-state index contributed by atoms with van der Waals surface area (Å²) in [5.41, 5.74) is 0.312. The highest BCUT2D eigenvalue weighted by Crippen LogP contribution is 2.39. The summed E-state index contributed by atoms with van der Waals surface area (Å²) in [4.78, 5) is 37.1. The topological polar surface area (TPSA) is 101 Å². The normalized spacial score (nSPS) is 14.2. The second-order valence-corrected chi connectivity index (χ2v) is 7.14. The largest absolute Gasteiger partial charge is 0.396 e. The number of aliphatic hydroxyl groups excluding tert-OH is 1. The molecule has 0 radical (unpaired) electrons. The molecule has 0 atom stereocenters. The number of amides is 2. The highest BCUT2D eigenvalue weighted by Gasteiger charge is 2.40. The molecule has 7 nitrogen and oxygen atoms in total. The van der Waals surface area contributed by atoms with Crippen molar-refractivity contribution < 1.29 is 24.0 Å². The summed E-state index contributed by atoms with van der Waals surface area (Å²) < 4.78 is 13.5. The SMILES string of the molecule is O=C1C(SCCO)=C(c2ccc([N+](=O)[O-])cc2)C(=O)N1c1ccc(F)c(Cl)c1. The first kappa shape index (κ1) is 20.0. The summed E-state index contributed by atoms with van der Waals surface area (Å²) >= 11 is 6.76. The summed E-state index contributed by atoms with van der Waals surface area (Å²) in [5, 5.41) is 19.7. The molecule has 1 aliphatic rings. The molecular formula is C18H12ClFN2O5S. The number of carbonyl (C=O) groups is 2. The van der Waals surface area contributed by atoms with E-state index in [1.165, 1.54) is 36.4 Å². The summed E-state index contributed by atoms with van der Waals surface area (Å²) in [6, 6.07) is 8.67. The summed E-state index contributed by atoms with van der Waals surface area (Å²) in [6.07, 6.45) is 0. The lowest BCUT2D eigenvalue weighted by atomic mass is 10.1. The van der Waals surface area contributed by atoms with Gasteiger partial charge in [-0.15, -0.1) is 11.8 Å². The molecule has 0 fully saturated rings. The Bertz CT molecular complexity index is 1010. The molecule has 0 saturated carbocycles. The molecule has 1 aliphatic heterocycles. The molecule has 0 saturated heterocycles. The van der Waals surface area contributed by atoms with E-state index in [4.69, 9.17) is 16.7 Å². The number of imide groups is 1. The van der Waals surface area contributed by atoms with Crippen LogP contribution in [0.15, 0.2) is 47.4 Å². The number of nitro benzene ring substituents is 1. The summed E-state index contributed by atoms with van der Waals surface area (Å²) in [5.74, 6) is -1.83. The van der Waals surface area contributed by atoms with Crippen molar-refractivity contribution in [2.24, 2.45) is 0 Å². The molecule has 10 heteroatoms. The van der Waals surface area contributed by atoms with Crippen molar-refractivity contribution in [3.05, 3.63) is 73.9 Å². The van der Waals surface area contributed by atoms with Crippen LogP contribution in [0, 0.1) is 15.9 Å². The Hall–Kier alpha value is -2.75. The molecule has 1 heterocycles. The first-order valence-corrected chi connectivity index (χ1v) is 9.28. The fraction of sp³-hybridized carbons (Fsp3) is 0.111. The summed E-state index contributed by atoms with van der Waals surface area (Å²) in [6.45, 7) is -0.217. The minimum Gasteiger partial charge on any atom is -0.396 e. The Labute approximate surface area is 167 Å². The zero-order valence-electron chi connectivity index (χ0n) is 14.1. The number of thioether (sulfide) groups is 1. The van der Waals surface area contributed by atoms with Crippen LogP contribution in [0.1, 0.15) is 5.56 Å². The van der Waals surface area contributed by atoms with Gasteiger partial charge in [-0.3, -0.25) is 19.7 Å². The standard InChI is InChI=1S/C18H12ClFN2O5S/c19-13-9-12(5-6-14(13)20)21-17(24)15(16(18(21)25)28-8-7-23)10-1-3-11(4-2-10)22(26)27/h1-6,9,23H,7-8H2. The van der Waals surface area contributed by atoms with E-state index in [1.807, 2.05) is 0 Å². The van der Waals surface area contributed by atoms with E-state index >= 15 is 0 Å². The predicted octanol–water partition coefficient (Wildman–Crippen LogP) is 3.40. The smallest absolute Gasteiger partial charge is 0.272 e. The van der Waals surface area contributed by atoms with Crippen molar-refractivity contribution in [2.75, 3.05) is 17.3 Å². The Morgan fingerprint density at radius 3 is 2.39 bits per heavy atom. The van der Waals surface area contributed by atoms with Gasteiger partial charge in [-0.25, -0.2) is 9.29 Å². The van der Waals surface area contributed by atoms with Gasteiger partial charge >= 0.3 is 0 Å². The number of halogens is 2. The molecule has 2 aromatic carbocycles. The molecular weight excluding hydrogens is 411 g/mol. The zero-order valence-corrected chi connectivity index (χ0v) is 15.7. The molecule has 0 bridgehead atoms. The van der Waals surface area contributed by atoms with Crippen molar-refractivity contribution in [1.29, 1.82) is 0 Å². The number of hydrogen-bond acceptors (Lipinski definition) is 6. The maximum atomic E-state index is 13.5. The van der Waals surface area contributed by atoms with Crippen LogP contribution in [0.5, 0.6) is 0 Å². The highest BCUT2D eigenvalue weighted by molar-refractivity contribution is 8.04. The molecule has 0 aromatic heterocycles. The van der Waals surface area contributed by atoms with Crippen molar-refractivity contribution in [3.8, 4) is 0 Å².